The third-order valence-electron chi connectivity index (χ3n) is 5.81. The molecule has 6 heteroatoms. The average Bonchev–Trinajstić information content (AvgIpc) is 3.11. The van der Waals surface area contributed by atoms with E-state index >= 15 is 0 Å². The maximum Gasteiger partial charge on any atom is 0.338 e. The standard InChI is InChI=1S/C22H24N4O2/c1-15-17(3-4-19-20(15)14-28-22(19)27)6-9-26-10-7-18(8-11-26)25-21-5-2-16(12-23)13-24-21/h2-5,13,18H,6-11,14H2,1H3,(H,24,25). The van der Waals surface area contributed by atoms with Crippen LogP contribution >= 0.6 is 0 Å². The van der Waals surface area contributed by atoms with Crippen LogP contribution in [0.3, 0.4) is 0 Å². The molecule has 4 rings (SSSR count). The SMILES string of the molecule is Cc1c(CCN2CCC(Nc3ccc(C#N)cn3)CC2)ccc2c1COC2=O. The Labute approximate surface area is 165 Å². The highest BCUT2D eigenvalue weighted by Gasteiger charge is 2.24. The van der Waals surface area contributed by atoms with Crippen LogP contribution in [-0.4, -0.2) is 41.5 Å². The molecule has 2 aliphatic rings. The molecule has 0 bridgehead atoms. The molecule has 2 aliphatic heterocycles. The Kier molecular flexibility index (Phi) is 5.27. The van der Waals surface area contributed by atoms with Gasteiger partial charge in [-0.3, -0.25) is 0 Å². The number of likely N-dealkylation sites (tertiary alicyclic amines) is 1. The van der Waals surface area contributed by atoms with E-state index in [-0.39, 0.29) is 5.97 Å². The number of piperidine rings is 1. The number of hydrogen-bond acceptors (Lipinski definition) is 6. The summed E-state index contributed by atoms with van der Waals surface area (Å²) in [5.41, 5.74) is 4.87. The minimum absolute atomic E-state index is 0.198. The molecular formula is C22H24N4O2. The first-order valence-corrected chi connectivity index (χ1v) is 9.77. The van der Waals surface area contributed by atoms with E-state index in [0.717, 1.165) is 55.8 Å². The topological polar surface area (TPSA) is 78.2 Å². The number of cyclic esters (lactones) is 1. The summed E-state index contributed by atoms with van der Waals surface area (Å²) in [6, 6.07) is 10.2. The number of esters is 1. The Morgan fingerprint density at radius 1 is 1.29 bits per heavy atom. The zero-order chi connectivity index (χ0) is 19.5. The molecule has 0 saturated carbocycles. The molecule has 0 radical (unpaired) electrons. The summed E-state index contributed by atoms with van der Waals surface area (Å²) in [5.74, 6) is 0.638. The number of anilines is 1. The van der Waals surface area contributed by atoms with Gasteiger partial charge in [-0.2, -0.15) is 5.26 Å². The first-order valence-electron chi connectivity index (χ1n) is 9.77. The summed E-state index contributed by atoms with van der Waals surface area (Å²) < 4.78 is 5.15. The van der Waals surface area contributed by atoms with Gasteiger partial charge in [0.15, 0.2) is 0 Å². The Morgan fingerprint density at radius 2 is 2.11 bits per heavy atom. The highest BCUT2D eigenvalue weighted by Crippen LogP contribution is 2.26. The number of carbonyl (C=O) groups excluding carboxylic acids is 1. The van der Waals surface area contributed by atoms with Gasteiger partial charge in [-0.15, -0.1) is 0 Å². The predicted octanol–water partition coefficient (Wildman–Crippen LogP) is 3.05. The molecular weight excluding hydrogens is 352 g/mol. The van der Waals surface area contributed by atoms with E-state index in [9.17, 15) is 4.79 Å². The maximum atomic E-state index is 11.7. The van der Waals surface area contributed by atoms with Gasteiger partial charge in [0.25, 0.3) is 0 Å². The number of benzene rings is 1. The number of nitriles is 1. The number of carbonyl (C=O) groups is 1. The number of hydrogen-bond donors (Lipinski definition) is 1. The van der Waals surface area contributed by atoms with Crippen molar-refractivity contribution in [3.8, 4) is 6.07 Å². The molecule has 0 atom stereocenters. The second-order valence-electron chi connectivity index (χ2n) is 7.51. The van der Waals surface area contributed by atoms with Gasteiger partial charge in [0, 0.05) is 37.4 Å². The number of ether oxygens (including phenoxy) is 1. The maximum absolute atomic E-state index is 11.7. The Balaban J connectivity index is 1.27. The predicted molar refractivity (Wildman–Crippen MR) is 106 cm³/mol. The van der Waals surface area contributed by atoms with E-state index < -0.39 is 0 Å². The summed E-state index contributed by atoms with van der Waals surface area (Å²) in [5, 5.41) is 12.3. The van der Waals surface area contributed by atoms with Crippen LogP contribution in [0, 0.1) is 18.3 Å². The minimum Gasteiger partial charge on any atom is -0.457 e. The van der Waals surface area contributed by atoms with Crippen molar-refractivity contribution in [2.45, 2.75) is 38.8 Å². The molecule has 2 aromatic rings. The van der Waals surface area contributed by atoms with E-state index in [4.69, 9.17) is 10.00 Å². The first kappa shape index (κ1) is 18.5. The fourth-order valence-corrected chi connectivity index (χ4v) is 4.00. The molecule has 1 N–H and O–H groups in total. The second-order valence-corrected chi connectivity index (χ2v) is 7.51. The van der Waals surface area contributed by atoms with Gasteiger partial charge >= 0.3 is 5.97 Å². The van der Waals surface area contributed by atoms with Gasteiger partial charge in [0.2, 0.25) is 0 Å². The first-order chi connectivity index (χ1) is 13.6. The van der Waals surface area contributed by atoms with Crippen LogP contribution in [0.25, 0.3) is 0 Å². The van der Waals surface area contributed by atoms with Crippen LogP contribution in [0.2, 0.25) is 0 Å². The number of rotatable bonds is 5. The van der Waals surface area contributed by atoms with E-state index in [1.54, 1.807) is 12.3 Å². The lowest BCUT2D eigenvalue weighted by Gasteiger charge is -2.32. The molecule has 6 nitrogen and oxygen atoms in total. The summed E-state index contributed by atoms with van der Waals surface area (Å²) in [6.07, 6.45) is 4.75. The van der Waals surface area contributed by atoms with Crippen molar-refractivity contribution in [3.05, 3.63) is 58.3 Å². The van der Waals surface area contributed by atoms with Gasteiger partial charge in [-0.1, -0.05) is 6.07 Å². The molecule has 1 aromatic heterocycles. The fourth-order valence-electron chi connectivity index (χ4n) is 4.00. The largest absolute Gasteiger partial charge is 0.457 e. The minimum atomic E-state index is -0.198. The normalized spacial score (nSPS) is 17.1. The van der Waals surface area contributed by atoms with E-state index in [1.807, 2.05) is 12.1 Å². The van der Waals surface area contributed by atoms with Crippen LogP contribution in [0.4, 0.5) is 5.82 Å². The van der Waals surface area contributed by atoms with E-state index in [0.29, 0.717) is 18.2 Å². The van der Waals surface area contributed by atoms with Crippen LogP contribution < -0.4 is 5.32 Å². The Hall–Kier alpha value is -2.91. The molecule has 1 fully saturated rings. The Bertz CT molecular complexity index is 909. The highest BCUT2D eigenvalue weighted by atomic mass is 16.5. The molecule has 1 saturated heterocycles. The molecule has 0 amide bonds. The summed E-state index contributed by atoms with van der Waals surface area (Å²) in [7, 11) is 0. The van der Waals surface area contributed by atoms with Crippen molar-refractivity contribution in [1.29, 1.82) is 5.26 Å². The third kappa shape index (κ3) is 3.85. The number of nitrogens with zero attached hydrogens (tertiary/aromatic N) is 3. The lowest BCUT2D eigenvalue weighted by atomic mass is 9.96. The lowest BCUT2D eigenvalue weighted by Crippen LogP contribution is -2.40. The Morgan fingerprint density at radius 3 is 2.82 bits per heavy atom. The van der Waals surface area contributed by atoms with E-state index in [2.05, 4.69) is 34.3 Å². The van der Waals surface area contributed by atoms with Crippen molar-refractivity contribution in [1.82, 2.24) is 9.88 Å². The van der Waals surface area contributed by atoms with Crippen molar-refractivity contribution in [3.63, 3.8) is 0 Å². The van der Waals surface area contributed by atoms with Gasteiger partial charge in [-0.25, -0.2) is 9.78 Å². The lowest BCUT2D eigenvalue weighted by molar-refractivity contribution is 0.0535. The number of pyridine rings is 1. The number of aromatic nitrogens is 1. The van der Waals surface area contributed by atoms with Crippen molar-refractivity contribution < 1.29 is 9.53 Å². The summed E-state index contributed by atoms with van der Waals surface area (Å²) >= 11 is 0. The van der Waals surface area contributed by atoms with Crippen LogP contribution in [0.15, 0.2) is 30.5 Å². The molecule has 3 heterocycles. The fraction of sp³-hybridized carbons (Fsp3) is 0.409. The monoisotopic (exact) mass is 376 g/mol. The molecule has 28 heavy (non-hydrogen) atoms. The highest BCUT2D eigenvalue weighted by molar-refractivity contribution is 5.93. The molecule has 0 spiro atoms. The third-order valence-corrected chi connectivity index (χ3v) is 5.81. The number of nitrogens with one attached hydrogen (secondary N) is 1. The van der Waals surface area contributed by atoms with Gasteiger partial charge in [0.05, 0.1) is 11.1 Å². The molecule has 0 aliphatic carbocycles. The van der Waals surface area contributed by atoms with Gasteiger partial charge < -0.3 is 15.0 Å². The molecule has 144 valence electrons. The molecule has 0 unspecified atom stereocenters. The van der Waals surface area contributed by atoms with Crippen LogP contribution in [-0.2, 0) is 17.8 Å². The van der Waals surface area contributed by atoms with Crippen molar-refractivity contribution in [2.75, 3.05) is 25.0 Å². The van der Waals surface area contributed by atoms with Crippen molar-refractivity contribution in [2.24, 2.45) is 0 Å². The van der Waals surface area contributed by atoms with Crippen LogP contribution in [0.1, 0.15) is 45.5 Å². The summed E-state index contributed by atoms with van der Waals surface area (Å²) in [6.45, 7) is 5.64. The second kappa shape index (κ2) is 7.99. The van der Waals surface area contributed by atoms with Crippen LogP contribution in [0.5, 0.6) is 0 Å². The zero-order valence-electron chi connectivity index (χ0n) is 16.1. The average molecular weight is 376 g/mol. The number of fused-ring (bicyclic) bond motifs is 1. The molecule has 1 aromatic carbocycles. The van der Waals surface area contributed by atoms with Gasteiger partial charge in [0.1, 0.15) is 18.5 Å². The zero-order valence-corrected chi connectivity index (χ0v) is 16.1. The summed E-state index contributed by atoms with van der Waals surface area (Å²) in [4.78, 5) is 18.5. The smallest absolute Gasteiger partial charge is 0.338 e. The quantitative estimate of drug-likeness (QED) is 0.808. The van der Waals surface area contributed by atoms with Gasteiger partial charge in [-0.05, 0) is 55.5 Å². The van der Waals surface area contributed by atoms with E-state index in [1.165, 1.54) is 11.1 Å². The van der Waals surface area contributed by atoms with Crippen molar-refractivity contribution >= 4 is 11.8 Å².